The summed E-state index contributed by atoms with van der Waals surface area (Å²) in [5.74, 6) is 0. The third-order valence-electron chi connectivity index (χ3n) is 3.15. The summed E-state index contributed by atoms with van der Waals surface area (Å²) in [4.78, 5) is 1.38. The minimum atomic E-state index is -3.46. The van der Waals surface area contributed by atoms with E-state index in [1.807, 2.05) is 13.8 Å². The van der Waals surface area contributed by atoms with Crippen LogP contribution >= 0.6 is 27.3 Å². The van der Waals surface area contributed by atoms with E-state index in [9.17, 15) is 8.42 Å². The van der Waals surface area contributed by atoms with Crippen LogP contribution in [0.25, 0.3) is 0 Å². The first-order valence-corrected chi connectivity index (χ1v) is 9.60. The summed E-state index contributed by atoms with van der Waals surface area (Å²) in [5, 5.41) is 3.21. The van der Waals surface area contributed by atoms with Gasteiger partial charge in [-0.3, -0.25) is 0 Å². The van der Waals surface area contributed by atoms with Crippen molar-refractivity contribution in [2.45, 2.75) is 31.3 Å². The summed E-state index contributed by atoms with van der Waals surface area (Å²) >= 11 is 4.85. The highest BCUT2D eigenvalue weighted by Crippen LogP contribution is 2.34. The first-order valence-electron chi connectivity index (χ1n) is 6.55. The molecule has 114 valence electrons. The third-order valence-corrected chi connectivity index (χ3v) is 7.41. The number of thiophene rings is 1. The Morgan fingerprint density at radius 1 is 1.60 bits per heavy atom. The molecule has 0 aliphatic carbocycles. The first kappa shape index (κ1) is 16.4. The van der Waals surface area contributed by atoms with Gasteiger partial charge in [0.1, 0.15) is 4.90 Å². The van der Waals surface area contributed by atoms with Gasteiger partial charge in [0.25, 0.3) is 0 Å². The van der Waals surface area contributed by atoms with Crippen LogP contribution in [0.15, 0.2) is 14.7 Å². The standard InChI is InChI=1S/C12H19BrN2O3S2/c1-3-14-7-10-6-11(12(13)19-10)20(16,17)15-4-5-18-8-9(15)2/h6,9,14H,3-5,7-8H2,1-2H3. The van der Waals surface area contributed by atoms with E-state index in [1.54, 1.807) is 6.07 Å². The molecule has 0 aromatic carbocycles. The summed E-state index contributed by atoms with van der Waals surface area (Å²) < 4.78 is 33.0. The van der Waals surface area contributed by atoms with Crippen LogP contribution in [0, 0.1) is 0 Å². The van der Waals surface area contributed by atoms with Gasteiger partial charge < -0.3 is 10.1 Å². The predicted octanol–water partition coefficient (Wildman–Crippen LogP) is 2.03. The molecule has 0 radical (unpaired) electrons. The molecule has 20 heavy (non-hydrogen) atoms. The maximum absolute atomic E-state index is 12.7. The summed E-state index contributed by atoms with van der Waals surface area (Å²) in [6.45, 7) is 6.76. The molecule has 1 N–H and O–H groups in total. The second-order valence-electron chi connectivity index (χ2n) is 4.67. The molecule has 1 unspecified atom stereocenters. The Bertz CT molecular complexity index is 559. The quantitative estimate of drug-likeness (QED) is 0.846. The molecule has 2 heterocycles. The number of nitrogens with one attached hydrogen (secondary N) is 1. The van der Waals surface area contributed by atoms with E-state index in [0.29, 0.717) is 35.0 Å². The highest BCUT2D eigenvalue weighted by atomic mass is 79.9. The number of halogens is 1. The number of sulfonamides is 1. The number of rotatable bonds is 5. The van der Waals surface area contributed by atoms with Gasteiger partial charge in [0.2, 0.25) is 10.0 Å². The topological polar surface area (TPSA) is 58.6 Å². The molecule has 2 rings (SSSR count). The molecule has 1 saturated heterocycles. The fraction of sp³-hybridized carbons (Fsp3) is 0.667. The SMILES string of the molecule is CCNCc1cc(S(=O)(=O)N2CCOCC2C)c(Br)s1. The van der Waals surface area contributed by atoms with E-state index in [1.165, 1.54) is 15.6 Å². The maximum Gasteiger partial charge on any atom is 0.245 e. The molecule has 5 nitrogen and oxygen atoms in total. The van der Waals surface area contributed by atoms with Crippen LogP contribution in [0.5, 0.6) is 0 Å². The van der Waals surface area contributed by atoms with Crippen molar-refractivity contribution in [1.29, 1.82) is 0 Å². The fourth-order valence-electron chi connectivity index (χ4n) is 2.10. The minimum Gasteiger partial charge on any atom is -0.378 e. The molecule has 8 heteroatoms. The molecular formula is C12H19BrN2O3S2. The van der Waals surface area contributed by atoms with Gasteiger partial charge in [-0.1, -0.05) is 6.92 Å². The number of nitrogens with zero attached hydrogens (tertiary/aromatic N) is 1. The van der Waals surface area contributed by atoms with Gasteiger partial charge in [-0.05, 0) is 35.5 Å². The molecule has 0 saturated carbocycles. The van der Waals surface area contributed by atoms with E-state index < -0.39 is 10.0 Å². The number of hydrogen-bond acceptors (Lipinski definition) is 5. The third kappa shape index (κ3) is 3.42. The van der Waals surface area contributed by atoms with Crippen molar-refractivity contribution < 1.29 is 13.2 Å². The summed E-state index contributed by atoms with van der Waals surface area (Å²) in [7, 11) is -3.46. The average molecular weight is 383 g/mol. The van der Waals surface area contributed by atoms with Crippen molar-refractivity contribution in [2.24, 2.45) is 0 Å². The monoisotopic (exact) mass is 382 g/mol. The van der Waals surface area contributed by atoms with Gasteiger partial charge in [0.05, 0.1) is 17.0 Å². The molecule has 0 spiro atoms. The Hall–Kier alpha value is 0.01000. The first-order chi connectivity index (χ1) is 9.46. The van der Waals surface area contributed by atoms with Crippen molar-refractivity contribution in [3.63, 3.8) is 0 Å². The van der Waals surface area contributed by atoms with E-state index in [2.05, 4.69) is 21.2 Å². The lowest BCUT2D eigenvalue weighted by Gasteiger charge is -2.32. The van der Waals surface area contributed by atoms with E-state index >= 15 is 0 Å². The zero-order valence-electron chi connectivity index (χ0n) is 11.6. The van der Waals surface area contributed by atoms with Crippen LogP contribution in [-0.4, -0.2) is 45.1 Å². The van der Waals surface area contributed by atoms with E-state index in [0.717, 1.165) is 11.4 Å². The van der Waals surface area contributed by atoms with Crippen LogP contribution in [0.3, 0.4) is 0 Å². The number of ether oxygens (including phenoxy) is 1. The van der Waals surface area contributed by atoms with Crippen LogP contribution in [0.4, 0.5) is 0 Å². The average Bonchev–Trinajstić information content (AvgIpc) is 2.78. The summed E-state index contributed by atoms with van der Waals surface area (Å²) in [5.41, 5.74) is 0. The predicted molar refractivity (Wildman–Crippen MR) is 83.6 cm³/mol. The summed E-state index contributed by atoms with van der Waals surface area (Å²) in [6.07, 6.45) is 0. The molecule has 1 aliphatic heterocycles. The molecule has 0 bridgehead atoms. The van der Waals surface area contributed by atoms with Gasteiger partial charge in [-0.2, -0.15) is 4.31 Å². The minimum absolute atomic E-state index is 0.127. The molecule has 1 fully saturated rings. The van der Waals surface area contributed by atoms with Crippen LogP contribution < -0.4 is 5.32 Å². The molecule has 1 aromatic heterocycles. The Labute approximate surface area is 132 Å². The molecule has 1 aromatic rings. The second-order valence-corrected chi connectivity index (χ2v) is 8.98. The van der Waals surface area contributed by atoms with Crippen LogP contribution in [0.2, 0.25) is 0 Å². The van der Waals surface area contributed by atoms with E-state index in [4.69, 9.17) is 4.74 Å². The van der Waals surface area contributed by atoms with Crippen molar-refractivity contribution in [3.05, 3.63) is 14.7 Å². The lowest BCUT2D eigenvalue weighted by molar-refractivity contribution is 0.0392. The fourth-order valence-corrected chi connectivity index (χ4v) is 6.31. The lowest BCUT2D eigenvalue weighted by atomic mass is 10.3. The molecule has 1 atom stereocenters. The normalized spacial score (nSPS) is 21.2. The second kappa shape index (κ2) is 6.85. The Kier molecular flexibility index (Phi) is 5.61. The van der Waals surface area contributed by atoms with Gasteiger partial charge in [0, 0.05) is 24.0 Å². The Morgan fingerprint density at radius 3 is 3.00 bits per heavy atom. The highest BCUT2D eigenvalue weighted by Gasteiger charge is 2.33. The molecule has 0 amide bonds. The highest BCUT2D eigenvalue weighted by molar-refractivity contribution is 9.11. The van der Waals surface area contributed by atoms with Crippen molar-refractivity contribution in [1.82, 2.24) is 9.62 Å². The largest absolute Gasteiger partial charge is 0.378 e. The number of morpholine rings is 1. The van der Waals surface area contributed by atoms with Crippen molar-refractivity contribution in [3.8, 4) is 0 Å². The Morgan fingerprint density at radius 2 is 2.35 bits per heavy atom. The van der Waals surface area contributed by atoms with Crippen LogP contribution in [0.1, 0.15) is 18.7 Å². The zero-order valence-corrected chi connectivity index (χ0v) is 14.8. The lowest BCUT2D eigenvalue weighted by Crippen LogP contribution is -2.46. The van der Waals surface area contributed by atoms with Crippen molar-refractivity contribution >= 4 is 37.3 Å². The van der Waals surface area contributed by atoms with Gasteiger partial charge in [-0.25, -0.2) is 8.42 Å². The maximum atomic E-state index is 12.7. The van der Waals surface area contributed by atoms with Gasteiger partial charge >= 0.3 is 0 Å². The zero-order chi connectivity index (χ0) is 14.8. The number of hydrogen-bond donors (Lipinski definition) is 1. The van der Waals surface area contributed by atoms with Gasteiger partial charge in [-0.15, -0.1) is 11.3 Å². The summed E-state index contributed by atoms with van der Waals surface area (Å²) in [6, 6.07) is 1.63. The van der Waals surface area contributed by atoms with E-state index in [-0.39, 0.29) is 6.04 Å². The van der Waals surface area contributed by atoms with Gasteiger partial charge in [0.15, 0.2) is 0 Å². The molecular weight excluding hydrogens is 364 g/mol. The molecule has 1 aliphatic rings. The Balaban J connectivity index is 2.26. The smallest absolute Gasteiger partial charge is 0.245 e. The van der Waals surface area contributed by atoms with Crippen molar-refractivity contribution in [2.75, 3.05) is 26.3 Å². The van der Waals surface area contributed by atoms with Crippen LogP contribution in [-0.2, 0) is 21.3 Å².